The minimum absolute atomic E-state index is 0.0891. The Bertz CT molecular complexity index is 245. The summed E-state index contributed by atoms with van der Waals surface area (Å²) < 4.78 is 5.28. The maximum atomic E-state index is 5.28. The highest BCUT2D eigenvalue weighted by atomic mass is 16.5. The van der Waals surface area contributed by atoms with Gasteiger partial charge in [-0.1, -0.05) is 0 Å². The SMILES string of the molecule is C[C@H](N=C=NC(C)(C)C)N1CCOCC1. The molecule has 1 atom stereocenters. The third-order valence-electron chi connectivity index (χ3n) is 2.20. The monoisotopic (exact) mass is 211 g/mol. The number of rotatable bonds is 2. The van der Waals surface area contributed by atoms with Gasteiger partial charge in [-0.05, 0) is 27.7 Å². The largest absolute Gasteiger partial charge is 0.379 e. The minimum atomic E-state index is -0.0891. The molecule has 0 aromatic heterocycles. The smallest absolute Gasteiger partial charge is 0.110 e. The van der Waals surface area contributed by atoms with Gasteiger partial charge in [-0.3, -0.25) is 4.90 Å². The molecule has 15 heavy (non-hydrogen) atoms. The summed E-state index contributed by atoms with van der Waals surface area (Å²) >= 11 is 0. The van der Waals surface area contributed by atoms with Crippen LogP contribution in [0.25, 0.3) is 0 Å². The average Bonchev–Trinajstić information content (AvgIpc) is 2.17. The van der Waals surface area contributed by atoms with Crippen LogP contribution in [-0.4, -0.2) is 48.9 Å². The molecular formula is C11H21N3O. The summed E-state index contributed by atoms with van der Waals surface area (Å²) in [6, 6.07) is 2.79. The molecule has 0 saturated carbocycles. The van der Waals surface area contributed by atoms with Crippen LogP contribution in [-0.2, 0) is 4.74 Å². The molecule has 86 valence electrons. The lowest BCUT2D eigenvalue weighted by atomic mass is 10.1. The van der Waals surface area contributed by atoms with E-state index in [1.807, 2.05) is 20.8 Å². The number of nitrogens with zero attached hydrogens (tertiary/aromatic N) is 3. The summed E-state index contributed by atoms with van der Waals surface area (Å²) in [6.07, 6.45) is 0.153. The van der Waals surface area contributed by atoms with Crippen LogP contribution in [0.1, 0.15) is 27.7 Å². The van der Waals surface area contributed by atoms with Gasteiger partial charge in [0.2, 0.25) is 0 Å². The van der Waals surface area contributed by atoms with Gasteiger partial charge in [0.25, 0.3) is 0 Å². The number of aliphatic imine (C=N–C) groups is 2. The van der Waals surface area contributed by atoms with Gasteiger partial charge in [0.05, 0.1) is 24.8 Å². The van der Waals surface area contributed by atoms with Gasteiger partial charge < -0.3 is 4.74 Å². The Morgan fingerprint density at radius 1 is 1.27 bits per heavy atom. The van der Waals surface area contributed by atoms with Gasteiger partial charge in [0, 0.05) is 13.1 Å². The number of hydrogen-bond donors (Lipinski definition) is 0. The minimum Gasteiger partial charge on any atom is -0.379 e. The van der Waals surface area contributed by atoms with E-state index >= 15 is 0 Å². The first kappa shape index (κ1) is 12.4. The molecule has 0 N–H and O–H groups in total. The molecule has 1 aliphatic heterocycles. The maximum absolute atomic E-state index is 5.28. The van der Waals surface area contributed by atoms with Crippen LogP contribution >= 0.6 is 0 Å². The highest BCUT2D eigenvalue weighted by molar-refractivity contribution is 5.42. The standard InChI is InChI=1S/C11H21N3O/c1-10(12-9-13-11(2,3)4)14-5-7-15-8-6-14/h10H,5-8H2,1-4H3/t10-/m1/s1. The van der Waals surface area contributed by atoms with Crippen molar-refractivity contribution >= 4 is 6.01 Å². The van der Waals surface area contributed by atoms with E-state index in [-0.39, 0.29) is 11.7 Å². The molecule has 1 aliphatic rings. The van der Waals surface area contributed by atoms with Gasteiger partial charge in [-0.25, -0.2) is 9.98 Å². The lowest BCUT2D eigenvalue weighted by Gasteiger charge is -2.29. The summed E-state index contributed by atoms with van der Waals surface area (Å²) in [5, 5.41) is 0. The van der Waals surface area contributed by atoms with Crippen LogP contribution in [0.5, 0.6) is 0 Å². The molecular weight excluding hydrogens is 190 g/mol. The average molecular weight is 211 g/mol. The molecule has 1 fully saturated rings. The van der Waals surface area contributed by atoms with Crippen LogP contribution < -0.4 is 0 Å². The van der Waals surface area contributed by atoms with Crippen LogP contribution in [0.2, 0.25) is 0 Å². The molecule has 0 unspecified atom stereocenters. The first-order valence-corrected chi connectivity index (χ1v) is 5.47. The van der Waals surface area contributed by atoms with Crippen LogP contribution in [0.3, 0.4) is 0 Å². The molecule has 0 aromatic rings. The summed E-state index contributed by atoms with van der Waals surface area (Å²) in [4.78, 5) is 10.8. The quantitative estimate of drug-likeness (QED) is 0.651. The van der Waals surface area contributed by atoms with Gasteiger partial charge in [0.1, 0.15) is 6.17 Å². The molecule has 1 rings (SSSR count). The van der Waals surface area contributed by atoms with Crippen LogP contribution in [0.15, 0.2) is 9.98 Å². The Hall–Kier alpha value is -0.700. The Morgan fingerprint density at radius 2 is 1.87 bits per heavy atom. The third-order valence-corrected chi connectivity index (χ3v) is 2.20. The Morgan fingerprint density at radius 3 is 2.40 bits per heavy atom. The van der Waals surface area contributed by atoms with Crippen molar-refractivity contribution in [2.24, 2.45) is 9.98 Å². The van der Waals surface area contributed by atoms with Crippen molar-refractivity contribution in [1.82, 2.24) is 4.90 Å². The third kappa shape index (κ3) is 5.07. The maximum Gasteiger partial charge on any atom is 0.110 e. The fourth-order valence-electron chi connectivity index (χ4n) is 1.30. The molecule has 4 heteroatoms. The molecule has 1 heterocycles. The molecule has 0 bridgehead atoms. The first-order chi connectivity index (χ1) is 6.99. The van der Waals surface area contributed by atoms with Crippen molar-refractivity contribution in [2.45, 2.75) is 39.4 Å². The van der Waals surface area contributed by atoms with E-state index in [4.69, 9.17) is 4.74 Å². The zero-order valence-electron chi connectivity index (χ0n) is 10.2. The molecule has 0 aliphatic carbocycles. The first-order valence-electron chi connectivity index (χ1n) is 5.47. The summed E-state index contributed by atoms with van der Waals surface area (Å²) in [5.41, 5.74) is -0.0891. The van der Waals surface area contributed by atoms with E-state index in [0.717, 1.165) is 26.3 Å². The van der Waals surface area contributed by atoms with Crippen molar-refractivity contribution in [3.63, 3.8) is 0 Å². The van der Waals surface area contributed by atoms with E-state index in [2.05, 4.69) is 27.8 Å². The normalized spacial score (nSPS) is 20.5. The van der Waals surface area contributed by atoms with Crippen molar-refractivity contribution in [3.05, 3.63) is 0 Å². The topological polar surface area (TPSA) is 37.2 Å². The number of hydrogen-bond acceptors (Lipinski definition) is 4. The fraction of sp³-hybridized carbons (Fsp3) is 0.909. The molecule has 0 radical (unpaired) electrons. The lowest BCUT2D eigenvalue weighted by Crippen LogP contribution is -2.41. The zero-order chi connectivity index (χ0) is 11.3. The molecule has 0 spiro atoms. The predicted octanol–water partition coefficient (Wildman–Crippen LogP) is 1.64. The molecule has 0 amide bonds. The molecule has 1 saturated heterocycles. The lowest BCUT2D eigenvalue weighted by molar-refractivity contribution is 0.0221. The van der Waals surface area contributed by atoms with Gasteiger partial charge >= 0.3 is 0 Å². The second-order valence-electron chi connectivity index (χ2n) is 4.79. The van der Waals surface area contributed by atoms with Crippen LogP contribution in [0, 0.1) is 0 Å². The second-order valence-corrected chi connectivity index (χ2v) is 4.79. The van der Waals surface area contributed by atoms with Crippen molar-refractivity contribution < 1.29 is 4.74 Å². The van der Waals surface area contributed by atoms with E-state index in [0.29, 0.717) is 0 Å². The van der Waals surface area contributed by atoms with E-state index in [9.17, 15) is 0 Å². The number of ether oxygens (including phenoxy) is 1. The Balaban J connectivity index is 2.46. The summed E-state index contributed by atoms with van der Waals surface area (Å²) in [5.74, 6) is 0. The van der Waals surface area contributed by atoms with Gasteiger partial charge in [-0.2, -0.15) is 0 Å². The Labute approximate surface area is 92.0 Å². The molecule has 4 nitrogen and oxygen atoms in total. The van der Waals surface area contributed by atoms with E-state index in [1.54, 1.807) is 0 Å². The van der Waals surface area contributed by atoms with Crippen molar-refractivity contribution in [1.29, 1.82) is 0 Å². The highest BCUT2D eigenvalue weighted by Gasteiger charge is 2.15. The Kier molecular flexibility index (Phi) is 4.45. The van der Waals surface area contributed by atoms with E-state index in [1.165, 1.54) is 0 Å². The predicted molar refractivity (Wildman–Crippen MR) is 61.5 cm³/mol. The zero-order valence-corrected chi connectivity index (χ0v) is 10.2. The number of morpholine rings is 1. The van der Waals surface area contributed by atoms with Gasteiger partial charge in [0.15, 0.2) is 0 Å². The summed E-state index contributed by atoms with van der Waals surface area (Å²) in [6.45, 7) is 11.7. The fourth-order valence-corrected chi connectivity index (χ4v) is 1.30. The molecule has 0 aromatic carbocycles. The van der Waals surface area contributed by atoms with Crippen LogP contribution in [0.4, 0.5) is 0 Å². The van der Waals surface area contributed by atoms with Gasteiger partial charge in [-0.15, -0.1) is 0 Å². The highest BCUT2D eigenvalue weighted by Crippen LogP contribution is 2.06. The van der Waals surface area contributed by atoms with E-state index < -0.39 is 0 Å². The summed E-state index contributed by atoms with van der Waals surface area (Å²) in [7, 11) is 0. The van der Waals surface area contributed by atoms with Crippen molar-refractivity contribution in [2.75, 3.05) is 26.3 Å². The van der Waals surface area contributed by atoms with Crippen molar-refractivity contribution in [3.8, 4) is 0 Å². The second kappa shape index (κ2) is 5.40.